The molecule has 20 heavy (non-hydrogen) atoms. The summed E-state index contributed by atoms with van der Waals surface area (Å²) in [5, 5.41) is 0. The molecule has 104 valence electrons. The van der Waals surface area contributed by atoms with Crippen molar-refractivity contribution in [1.29, 1.82) is 0 Å². The molecule has 1 heterocycles. The van der Waals surface area contributed by atoms with E-state index in [9.17, 15) is 18.0 Å². The molecule has 0 aliphatic carbocycles. The number of hydrogen-bond acceptors (Lipinski definition) is 2. The summed E-state index contributed by atoms with van der Waals surface area (Å²) in [5.74, 6) is -0.380. The Kier molecular flexibility index (Phi) is 4.23. The Bertz CT molecular complexity index is 626. The fraction of sp³-hybridized carbons (Fsp3) is 0.143. The van der Waals surface area contributed by atoms with Crippen molar-refractivity contribution in [3.8, 4) is 0 Å². The molecule has 6 heteroatoms. The lowest BCUT2D eigenvalue weighted by molar-refractivity contribution is -0.137. The Morgan fingerprint density at radius 2 is 1.80 bits per heavy atom. The van der Waals surface area contributed by atoms with Crippen LogP contribution in [0.4, 0.5) is 13.2 Å². The average Bonchev–Trinajstić information content (AvgIpc) is 2.39. The van der Waals surface area contributed by atoms with Crippen molar-refractivity contribution in [2.24, 2.45) is 0 Å². The standard InChI is InChI=1S/C14H9BrF3NO/c15-12-2-1-10(14(16,17)18)8-11(12)13(20)7-9-3-5-19-6-4-9/h1-6,8H,7H2. The van der Waals surface area contributed by atoms with E-state index < -0.39 is 11.7 Å². The van der Waals surface area contributed by atoms with Crippen molar-refractivity contribution in [1.82, 2.24) is 4.98 Å². The molecule has 1 aromatic heterocycles. The quantitative estimate of drug-likeness (QED) is 0.778. The number of ketones is 1. The molecule has 0 fully saturated rings. The minimum Gasteiger partial charge on any atom is -0.294 e. The van der Waals surface area contributed by atoms with Crippen LogP contribution in [0.5, 0.6) is 0 Å². The predicted octanol–water partition coefficient (Wildman–Crippen LogP) is 4.29. The number of pyridine rings is 1. The molecule has 2 nitrogen and oxygen atoms in total. The topological polar surface area (TPSA) is 30.0 Å². The number of aromatic nitrogens is 1. The number of alkyl halides is 3. The number of benzene rings is 1. The van der Waals surface area contributed by atoms with Crippen LogP contribution in [0.25, 0.3) is 0 Å². The van der Waals surface area contributed by atoms with Crippen LogP contribution >= 0.6 is 15.9 Å². The number of halogens is 4. The number of nitrogens with zero attached hydrogens (tertiary/aromatic N) is 1. The zero-order valence-corrected chi connectivity index (χ0v) is 11.7. The first-order valence-corrected chi connectivity index (χ1v) is 6.46. The summed E-state index contributed by atoms with van der Waals surface area (Å²) < 4.78 is 38.3. The third kappa shape index (κ3) is 3.45. The Morgan fingerprint density at radius 1 is 1.15 bits per heavy atom. The van der Waals surface area contributed by atoms with E-state index in [4.69, 9.17) is 0 Å². The largest absolute Gasteiger partial charge is 0.416 e. The molecular weight excluding hydrogens is 335 g/mol. The van der Waals surface area contributed by atoms with E-state index in [0.717, 1.165) is 12.1 Å². The molecule has 0 saturated heterocycles. The van der Waals surface area contributed by atoms with Gasteiger partial charge in [-0.15, -0.1) is 0 Å². The van der Waals surface area contributed by atoms with Gasteiger partial charge < -0.3 is 0 Å². The minimum absolute atomic E-state index is 0.0247. The Labute approximate surface area is 121 Å². The van der Waals surface area contributed by atoms with Crippen LogP contribution in [0.3, 0.4) is 0 Å². The van der Waals surface area contributed by atoms with E-state index in [1.807, 2.05) is 0 Å². The van der Waals surface area contributed by atoms with Crippen LogP contribution in [0.2, 0.25) is 0 Å². The van der Waals surface area contributed by atoms with Crippen LogP contribution in [-0.4, -0.2) is 10.8 Å². The van der Waals surface area contributed by atoms with Crippen molar-refractivity contribution < 1.29 is 18.0 Å². The summed E-state index contributed by atoms with van der Waals surface area (Å²) in [4.78, 5) is 15.9. The number of hydrogen-bond donors (Lipinski definition) is 0. The second-order valence-electron chi connectivity index (χ2n) is 4.15. The van der Waals surface area contributed by atoms with Crippen LogP contribution in [0, 0.1) is 0 Å². The minimum atomic E-state index is -4.47. The highest BCUT2D eigenvalue weighted by Gasteiger charge is 2.31. The second kappa shape index (κ2) is 5.75. The first kappa shape index (κ1) is 14.7. The average molecular weight is 344 g/mol. The second-order valence-corrected chi connectivity index (χ2v) is 5.00. The van der Waals surface area contributed by atoms with Crippen molar-refractivity contribution in [3.63, 3.8) is 0 Å². The van der Waals surface area contributed by atoms with Gasteiger partial charge in [0.15, 0.2) is 5.78 Å². The lowest BCUT2D eigenvalue weighted by Crippen LogP contribution is -2.09. The Hall–Kier alpha value is -1.69. The number of Topliss-reactive ketones (excluding diaryl/α,β-unsaturated/α-hetero) is 1. The van der Waals surface area contributed by atoms with Gasteiger partial charge in [-0.05, 0) is 35.9 Å². The van der Waals surface area contributed by atoms with E-state index >= 15 is 0 Å². The lowest BCUT2D eigenvalue weighted by atomic mass is 10.0. The van der Waals surface area contributed by atoms with Gasteiger partial charge in [0.25, 0.3) is 0 Å². The van der Waals surface area contributed by atoms with E-state index in [-0.39, 0.29) is 17.8 Å². The number of rotatable bonds is 3. The van der Waals surface area contributed by atoms with E-state index in [0.29, 0.717) is 10.0 Å². The Morgan fingerprint density at radius 3 is 2.40 bits per heavy atom. The van der Waals surface area contributed by atoms with Gasteiger partial charge in [-0.25, -0.2) is 0 Å². The fourth-order valence-electron chi connectivity index (χ4n) is 1.70. The zero-order valence-electron chi connectivity index (χ0n) is 10.1. The van der Waals surface area contributed by atoms with Crippen molar-refractivity contribution >= 4 is 21.7 Å². The first-order chi connectivity index (χ1) is 9.38. The molecule has 1 aromatic carbocycles. The predicted molar refractivity (Wildman–Crippen MR) is 71.4 cm³/mol. The molecule has 2 rings (SSSR count). The number of carbonyl (C=O) groups excluding carboxylic acids is 1. The van der Waals surface area contributed by atoms with Crippen molar-refractivity contribution in [3.05, 3.63) is 63.9 Å². The highest BCUT2D eigenvalue weighted by molar-refractivity contribution is 9.10. The van der Waals surface area contributed by atoms with Gasteiger partial charge >= 0.3 is 6.18 Å². The summed E-state index contributed by atoms with van der Waals surface area (Å²) in [7, 11) is 0. The van der Waals surface area contributed by atoms with Crippen LogP contribution in [0.1, 0.15) is 21.5 Å². The molecule has 0 atom stereocenters. The summed E-state index contributed by atoms with van der Waals surface area (Å²) >= 11 is 3.11. The summed E-state index contributed by atoms with van der Waals surface area (Å²) in [5.41, 5.74) is -0.107. The maximum Gasteiger partial charge on any atom is 0.416 e. The molecule has 0 spiro atoms. The SMILES string of the molecule is O=C(Cc1ccncc1)c1cc(C(F)(F)F)ccc1Br. The first-order valence-electron chi connectivity index (χ1n) is 5.67. The van der Waals surface area contributed by atoms with E-state index in [1.54, 1.807) is 12.1 Å². The van der Waals surface area contributed by atoms with Crippen LogP contribution in [0.15, 0.2) is 47.2 Å². The van der Waals surface area contributed by atoms with Gasteiger partial charge in [-0.1, -0.05) is 15.9 Å². The monoisotopic (exact) mass is 343 g/mol. The molecule has 0 unspecified atom stereocenters. The van der Waals surface area contributed by atoms with Crippen LogP contribution < -0.4 is 0 Å². The molecule has 0 saturated carbocycles. The maximum absolute atomic E-state index is 12.7. The number of carbonyl (C=O) groups is 1. The van der Waals surface area contributed by atoms with E-state index in [1.165, 1.54) is 18.5 Å². The Balaban J connectivity index is 2.30. The summed E-state index contributed by atoms with van der Waals surface area (Å²) in [6.45, 7) is 0. The third-order valence-electron chi connectivity index (χ3n) is 2.71. The normalized spacial score (nSPS) is 11.4. The molecule has 0 amide bonds. The molecular formula is C14H9BrF3NO. The molecule has 2 aromatic rings. The molecule has 0 aliphatic rings. The molecule has 0 aliphatic heterocycles. The van der Waals surface area contributed by atoms with Crippen molar-refractivity contribution in [2.75, 3.05) is 0 Å². The maximum atomic E-state index is 12.7. The van der Waals surface area contributed by atoms with Crippen molar-refractivity contribution in [2.45, 2.75) is 12.6 Å². The molecule has 0 N–H and O–H groups in total. The summed E-state index contributed by atoms with van der Waals surface area (Å²) in [6.07, 6.45) is -1.37. The fourth-order valence-corrected chi connectivity index (χ4v) is 2.16. The summed E-state index contributed by atoms with van der Waals surface area (Å²) in [6, 6.07) is 6.35. The molecule has 0 bridgehead atoms. The van der Waals surface area contributed by atoms with Gasteiger partial charge in [0.1, 0.15) is 0 Å². The lowest BCUT2D eigenvalue weighted by Gasteiger charge is -2.10. The smallest absolute Gasteiger partial charge is 0.294 e. The highest BCUT2D eigenvalue weighted by atomic mass is 79.9. The van der Waals surface area contributed by atoms with Gasteiger partial charge in [0, 0.05) is 28.9 Å². The van der Waals surface area contributed by atoms with Gasteiger partial charge in [-0.2, -0.15) is 13.2 Å². The third-order valence-corrected chi connectivity index (χ3v) is 3.40. The van der Waals surface area contributed by atoms with Gasteiger partial charge in [-0.3, -0.25) is 9.78 Å². The van der Waals surface area contributed by atoms with Crippen LogP contribution in [-0.2, 0) is 12.6 Å². The van der Waals surface area contributed by atoms with Gasteiger partial charge in [0.2, 0.25) is 0 Å². The highest BCUT2D eigenvalue weighted by Crippen LogP contribution is 2.32. The molecule has 0 radical (unpaired) electrons. The van der Waals surface area contributed by atoms with E-state index in [2.05, 4.69) is 20.9 Å². The van der Waals surface area contributed by atoms with Gasteiger partial charge in [0.05, 0.1) is 5.56 Å². The zero-order chi connectivity index (χ0) is 14.8.